The van der Waals surface area contributed by atoms with E-state index in [0.717, 1.165) is 75.1 Å². The van der Waals surface area contributed by atoms with Crippen LogP contribution in [-0.2, 0) is 9.47 Å². The van der Waals surface area contributed by atoms with Crippen molar-refractivity contribution in [3.05, 3.63) is 34.9 Å². The summed E-state index contributed by atoms with van der Waals surface area (Å²) in [6.07, 6.45) is 3.52. The van der Waals surface area contributed by atoms with Crippen molar-refractivity contribution in [1.82, 2.24) is 15.1 Å². The van der Waals surface area contributed by atoms with Crippen molar-refractivity contribution < 1.29 is 9.47 Å². The van der Waals surface area contributed by atoms with Crippen LogP contribution in [-0.4, -0.2) is 82.5 Å². The second kappa shape index (κ2) is 11.7. The summed E-state index contributed by atoms with van der Waals surface area (Å²) in [6, 6.07) is 8.33. The zero-order chi connectivity index (χ0) is 20.5. The van der Waals surface area contributed by atoms with Crippen molar-refractivity contribution in [3.63, 3.8) is 0 Å². The van der Waals surface area contributed by atoms with Gasteiger partial charge in [0.2, 0.25) is 0 Å². The van der Waals surface area contributed by atoms with E-state index in [1.54, 1.807) is 0 Å². The second-order valence-corrected chi connectivity index (χ2v) is 8.29. The Morgan fingerprint density at radius 1 is 1.21 bits per heavy atom. The maximum atomic E-state index is 6.55. The van der Waals surface area contributed by atoms with Crippen molar-refractivity contribution >= 4 is 17.6 Å². The van der Waals surface area contributed by atoms with Crippen LogP contribution in [0.5, 0.6) is 0 Å². The van der Waals surface area contributed by atoms with Crippen LogP contribution in [0.1, 0.15) is 30.9 Å². The Hall–Kier alpha value is -1.34. The Morgan fingerprint density at radius 3 is 2.59 bits per heavy atom. The molecule has 1 unspecified atom stereocenters. The van der Waals surface area contributed by atoms with E-state index in [4.69, 9.17) is 21.1 Å². The van der Waals surface area contributed by atoms with Crippen LogP contribution in [0.3, 0.4) is 0 Å². The molecule has 0 aliphatic carbocycles. The average molecular weight is 423 g/mol. The molecule has 2 aliphatic rings. The van der Waals surface area contributed by atoms with E-state index in [0.29, 0.717) is 0 Å². The highest BCUT2D eigenvalue weighted by Crippen LogP contribution is 2.28. The van der Waals surface area contributed by atoms with Gasteiger partial charge in [-0.2, -0.15) is 0 Å². The third kappa shape index (κ3) is 6.57. The van der Waals surface area contributed by atoms with Gasteiger partial charge in [0.15, 0.2) is 5.96 Å². The summed E-state index contributed by atoms with van der Waals surface area (Å²) in [7, 11) is 3.97. The molecule has 2 fully saturated rings. The first kappa shape index (κ1) is 22.3. The minimum Gasteiger partial charge on any atom is -0.381 e. The van der Waals surface area contributed by atoms with E-state index in [1.165, 1.54) is 19.3 Å². The molecular formula is C22H35ClN4O2. The number of hydrogen-bond donors (Lipinski definition) is 1. The predicted molar refractivity (Wildman–Crippen MR) is 119 cm³/mol. The van der Waals surface area contributed by atoms with E-state index in [9.17, 15) is 0 Å². The molecule has 0 bridgehead atoms. The highest BCUT2D eigenvalue weighted by atomic mass is 35.5. The maximum Gasteiger partial charge on any atom is 0.193 e. The molecule has 0 spiro atoms. The Labute approximate surface area is 180 Å². The van der Waals surface area contributed by atoms with Crippen molar-refractivity contribution in [3.8, 4) is 0 Å². The Balaban J connectivity index is 1.59. The van der Waals surface area contributed by atoms with Crippen LogP contribution in [0.15, 0.2) is 29.3 Å². The molecule has 2 saturated heterocycles. The summed E-state index contributed by atoms with van der Waals surface area (Å²) >= 11 is 6.55. The van der Waals surface area contributed by atoms with Crippen LogP contribution in [0.25, 0.3) is 0 Å². The molecule has 1 aromatic rings. The van der Waals surface area contributed by atoms with Gasteiger partial charge in [-0.15, -0.1) is 0 Å². The van der Waals surface area contributed by atoms with Crippen LogP contribution in [0, 0.1) is 5.92 Å². The van der Waals surface area contributed by atoms with Gasteiger partial charge < -0.3 is 19.7 Å². The average Bonchev–Trinajstić information content (AvgIpc) is 2.77. The third-order valence-electron chi connectivity index (χ3n) is 5.99. The van der Waals surface area contributed by atoms with E-state index < -0.39 is 0 Å². The minimum atomic E-state index is 0.188. The minimum absolute atomic E-state index is 0.188. The molecule has 6 nitrogen and oxygen atoms in total. The number of nitrogens with one attached hydrogen (secondary N) is 1. The fourth-order valence-electron chi connectivity index (χ4n) is 4.16. The van der Waals surface area contributed by atoms with E-state index >= 15 is 0 Å². The number of nitrogens with zero attached hydrogens (tertiary/aromatic N) is 3. The van der Waals surface area contributed by atoms with E-state index in [2.05, 4.69) is 39.3 Å². The van der Waals surface area contributed by atoms with Crippen molar-refractivity contribution in [1.29, 1.82) is 0 Å². The summed E-state index contributed by atoms with van der Waals surface area (Å²) in [4.78, 5) is 9.20. The first-order chi connectivity index (χ1) is 14.2. The van der Waals surface area contributed by atoms with Crippen LogP contribution >= 0.6 is 11.6 Å². The Bertz CT molecular complexity index is 645. The lowest BCUT2D eigenvalue weighted by Crippen LogP contribution is -2.47. The van der Waals surface area contributed by atoms with E-state index in [-0.39, 0.29) is 6.04 Å². The van der Waals surface area contributed by atoms with Gasteiger partial charge in [-0.25, -0.2) is 0 Å². The number of halogens is 1. The fraction of sp³-hybridized carbons (Fsp3) is 0.682. The largest absolute Gasteiger partial charge is 0.381 e. The molecular weight excluding hydrogens is 388 g/mol. The normalized spacial score (nSPS) is 20.4. The zero-order valence-electron chi connectivity index (χ0n) is 17.8. The molecule has 0 aromatic heterocycles. The number of rotatable bonds is 7. The number of guanidine groups is 1. The quantitative estimate of drug-likeness (QED) is 0.540. The van der Waals surface area contributed by atoms with Gasteiger partial charge in [-0.05, 0) is 36.8 Å². The number of aliphatic imine (C=N–C) groups is 1. The summed E-state index contributed by atoms with van der Waals surface area (Å²) in [5.74, 6) is 1.69. The molecule has 0 amide bonds. The van der Waals surface area contributed by atoms with Gasteiger partial charge in [-0.1, -0.05) is 29.8 Å². The van der Waals surface area contributed by atoms with Crippen molar-refractivity contribution in [2.24, 2.45) is 10.9 Å². The Kier molecular flexibility index (Phi) is 9.05. The van der Waals surface area contributed by atoms with Gasteiger partial charge in [0.25, 0.3) is 0 Å². The lowest BCUT2D eigenvalue weighted by Gasteiger charge is -2.36. The lowest BCUT2D eigenvalue weighted by atomic mass is 9.96. The highest BCUT2D eigenvalue weighted by molar-refractivity contribution is 6.31. The first-order valence-electron chi connectivity index (χ1n) is 10.7. The van der Waals surface area contributed by atoms with Gasteiger partial charge >= 0.3 is 0 Å². The van der Waals surface area contributed by atoms with Gasteiger partial charge in [0.05, 0.1) is 19.3 Å². The summed E-state index contributed by atoms with van der Waals surface area (Å²) in [5, 5.41) is 4.40. The van der Waals surface area contributed by atoms with Crippen molar-refractivity contribution in [2.75, 3.05) is 66.7 Å². The highest BCUT2D eigenvalue weighted by Gasteiger charge is 2.25. The van der Waals surface area contributed by atoms with Gasteiger partial charge in [0.1, 0.15) is 0 Å². The molecule has 1 aromatic carbocycles. The molecule has 29 heavy (non-hydrogen) atoms. The molecule has 3 rings (SSSR count). The van der Waals surface area contributed by atoms with Gasteiger partial charge in [-0.3, -0.25) is 9.89 Å². The standard InChI is InChI=1S/C22H35ClN4O2/c1-24-22(26(2)10-7-18-8-13-28-14-9-18)25-17-21(27-11-15-29-16-12-27)19-5-3-4-6-20(19)23/h3-6,18,21H,7-17H2,1-2H3,(H,24,25). The molecule has 0 radical (unpaired) electrons. The number of benzene rings is 1. The molecule has 1 atom stereocenters. The molecule has 162 valence electrons. The van der Waals surface area contributed by atoms with Crippen LogP contribution < -0.4 is 5.32 Å². The topological polar surface area (TPSA) is 49.3 Å². The third-order valence-corrected chi connectivity index (χ3v) is 6.34. The first-order valence-corrected chi connectivity index (χ1v) is 11.1. The molecule has 2 aliphatic heterocycles. The molecule has 0 saturated carbocycles. The smallest absolute Gasteiger partial charge is 0.193 e. The van der Waals surface area contributed by atoms with Crippen LogP contribution in [0.2, 0.25) is 5.02 Å². The second-order valence-electron chi connectivity index (χ2n) is 7.88. The summed E-state index contributed by atoms with van der Waals surface area (Å²) < 4.78 is 11.0. The SMILES string of the molecule is CN=C(NCC(c1ccccc1Cl)N1CCOCC1)N(C)CCC1CCOCC1. The predicted octanol–water partition coefficient (Wildman–Crippen LogP) is 3.04. The Morgan fingerprint density at radius 2 is 1.90 bits per heavy atom. The summed E-state index contributed by atoms with van der Waals surface area (Å²) in [6.45, 7) is 6.92. The lowest BCUT2D eigenvalue weighted by molar-refractivity contribution is 0.0169. The summed E-state index contributed by atoms with van der Waals surface area (Å²) in [5.41, 5.74) is 1.16. The molecule has 2 heterocycles. The number of morpholine rings is 1. The monoisotopic (exact) mass is 422 g/mol. The van der Waals surface area contributed by atoms with E-state index in [1.807, 2.05) is 19.2 Å². The molecule has 7 heteroatoms. The van der Waals surface area contributed by atoms with Crippen molar-refractivity contribution in [2.45, 2.75) is 25.3 Å². The van der Waals surface area contributed by atoms with Crippen LogP contribution in [0.4, 0.5) is 0 Å². The maximum absolute atomic E-state index is 6.55. The number of ether oxygens (including phenoxy) is 2. The molecule has 1 N–H and O–H groups in total. The fourth-order valence-corrected chi connectivity index (χ4v) is 4.42. The van der Waals surface area contributed by atoms with Gasteiger partial charge in [0, 0.05) is 58.5 Å². The zero-order valence-corrected chi connectivity index (χ0v) is 18.5. The number of hydrogen-bond acceptors (Lipinski definition) is 4.